The summed E-state index contributed by atoms with van der Waals surface area (Å²) in [6, 6.07) is 11.3. The first-order valence-electron chi connectivity index (χ1n) is 7.35. The number of carbonyl (C=O) groups excluding carboxylic acids is 1. The number of aromatic nitrogens is 1. The van der Waals surface area contributed by atoms with E-state index in [9.17, 15) is 4.79 Å². The molecule has 1 atom stereocenters. The van der Waals surface area contributed by atoms with Crippen molar-refractivity contribution in [1.29, 1.82) is 0 Å². The van der Waals surface area contributed by atoms with E-state index in [0.717, 1.165) is 30.7 Å². The van der Waals surface area contributed by atoms with Crippen LogP contribution in [-0.4, -0.2) is 29.4 Å². The maximum Gasteiger partial charge on any atom is 0.272 e. The van der Waals surface area contributed by atoms with Gasteiger partial charge < -0.3 is 15.4 Å². The molecule has 0 radical (unpaired) electrons. The summed E-state index contributed by atoms with van der Waals surface area (Å²) in [5.41, 5.74) is 7.72. The second-order valence-electron chi connectivity index (χ2n) is 5.41. The molecule has 3 rings (SSSR count). The van der Waals surface area contributed by atoms with Gasteiger partial charge in [0, 0.05) is 6.54 Å². The third kappa shape index (κ3) is 3.56. The summed E-state index contributed by atoms with van der Waals surface area (Å²) < 4.78 is 5.28. The van der Waals surface area contributed by atoms with Gasteiger partial charge in [-0.15, -0.1) is 12.4 Å². The number of nitrogen functional groups attached to an aromatic ring is 1. The zero-order valence-corrected chi connectivity index (χ0v) is 13.8. The molecule has 0 saturated carbocycles. The van der Waals surface area contributed by atoms with Crippen LogP contribution in [0, 0.1) is 0 Å². The van der Waals surface area contributed by atoms with E-state index in [1.807, 2.05) is 29.2 Å². The Morgan fingerprint density at radius 3 is 2.87 bits per heavy atom. The Labute approximate surface area is 141 Å². The molecule has 1 aromatic heterocycles. The maximum absolute atomic E-state index is 12.7. The Hall–Kier alpha value is -2.27. The van der Waals surface area contributed by atoms with Crippen LogP contribution in [0.3, 0.4) is 0 Å². The molecular weight excluding hydrogens is 314 g/mol. The highest BCUT2D eigenvalue weighted by Gasteiger charge is 2.31. The van der Waals surface area contributed by atoms with E-state index in [-0.39, 0.29) is 24.4 Å². The number of carbonyl (C=O) groups is 1. The van der Waals surface area contributed by atoms with Crippen molar-refractivity contribution in [3.63, 3.8) is 0 Å². The van der Waals surface area contributed by atoms with E-state index in [4.69, 9.17) is 10.5 Å². The smallest absolute Gasteiger partial charge is 0.272 e. The van der Waals surface area contributed by atoms with Gasteiger partial charge in [-0.05, 0) is 42.7 Å². The van der Waals surface area contributed by atoms with Gasteiger partial charge in [0.25, 0.3) is 5.91 Å². The Kier molecular flexibility index (Phi) is 5.45. The fourth-order valence-electron chi connectivity index (χ4n) is 2.88. The molecule has 0 bridgehead atoms. The quantitative estimate of drug-likeness (QED) is 0.937. The van der Waals surface area contributed by atoms with Crippen molar-refractivity contribution in [1.82, 2.24) is 9.88 Å². The van der Waals surface area contributed by atoms with Crippen molar-refractivity contribution in [2.24, 2.45) is 0 Å². The van der Waals surface area contributed by atoms with Crippen molar-refractivity contribution < 1.29 is 9.53 Å². The Morgan fingerprint density at radius 2 is 2.17 bits per heavy atom. The molecule has 6 heteroatoms. The summed E-state index contributed by atoms with van der Waals surface area (Å²) in [4.78, 5) is 18.7. The summed E-state index contributed by atoms with van der Waals surface area (Å²) in [6.07, 6.45) is 3.46. The van der Waals surface area contributed by atoms with Crippen LogP contribution in [0.15, 0.2) is 42.6 Å². The molecule has 23 heavy (non-hydrogen) atoms. The third-order valence-corrected chi connectivity index (χ3v) is 4.00. The lowest BCUT2D eigenvalue weighted by Gasteiger charge is -2.25. The Bertz CT molecular complexity index is 676. The van der Waals surface area contributed by atoms with Gasteiger partial charge >= 0.3 is 0 Å². The van der Waals surface area contributed by atoms with Gasteiger partial charge in [-0.2, -0.15) is 0 Å². The Balaban J connectivity index is 0.00000192. The number of amides is 1. The average molecular weight is 334 g/mol. The number of rotatable bonds is 3. The van der Waals surface area contributed by atoms with E-state index in [1.165, 1.54) is 6.20 Å². The molecule has 5 nitrogen and oxygen atoms in total. The molecule has 0 spiro atoms. The summed E-state index contributed by atoms with van der Waals surface area (Å²) in [5.74, 6) is 0.757. The number of nitrogens with two attached hydrogens (primary N) is 1. The molecule has 122 valence electrons. The number of hydrogen-bond acceptors (Lipinski definition) is 4. The number of pyridine rings is 1. The van der Waals surface area contributed by atoms with Crippen LogP contribution >= 0.6 is 12.4 Å². The van der Waals surface area contributed by atoms with Crippen LogP contribution in [0.1, 0.15) is 34.9 Å². The molecule has 2 heterocycles. The van der Waals surface area contributed by atoms with E-state index >= 15 is 0 Å². The summed E-state index contributed by atoms with van der Waals surface area (Å²) in [7, 11) is 1.65. The van der Waals surface area contributed by atoms with Crippen LogP contribution in [-0.2, 0) is 0 Å². The predicted molar refractivity (Wildman–Crippen MR) is 91.9 cm³/mol. The van der Waals surface area contributed by atoms with E-state index < -0.39 is 0 Å². The predicted octanol–water partition coefficient (Wildman–Crippen LogP) is 3.07. The first-order chi connectivity index (χ1) is 10.7. The van der Waals surface area contributed by atoms with Gasteiger partial charge in [-0.3, -0.25) is 4.79 Å². The first kappa shape index (κ1) is 17.1. The fourth-order valence-corrected chi connectivity index (χ4v) is 2.88. The highest BCUT2D eigenvalue weighted by molar-refractivity contribution is 5.93. The lowest BCUT2D eigenvalue weighted by Crippen LogP contribution is -2.31. The monoisotopic (exact) mass is 333 g/mol. The number of benzene rings is 1. The lowest BCUT2D eigenvalue weighted by atomic mass is 10.0. The van der Waals surface area contributed by atoms with Gasteiger partial charge in [0.05, 0.1) is 25.0 Å². The van der Waals surface area contributed by atoms with Crippen molar-refractivity contribution in [2.75, 3.05) is 19.4 Å². The van der Waals surface area contributed by atoms with Crippen molar-refractivity contribution in [3.05, 3.63) is 53.9 Å². The fraction of sp³-hybridized carbons (Fsp3) is 0.294. The second-order valence-corrected chi connectivity index (χ2v) is 5.41. The van der Waals surface area contributed by atoms with Crippen LogP contribution in [0.4, 0.5) is 5.69 Å². The van der Waals surface area contributed by atoms with Crippen LogP contribution in [0.25, 0.3) is 0 Å². The molecule has 2 aromatic rings. The molecule has 1 fully saturated rings. The lowest BCUT2D eigenvalue weighted by molar-refractivity contribution is 0.0729. The van der Waals surface area contributed by atoms with Crippen LogP contribution < -0.4 is 10.5 Å². The molecule has 0 aliphatic carbocycles. The highest BCUT2D eigenvalue weighted by atomic mass is 35.5. The Morgan fingerprint density at radius 1 is 1.35 bits per heavy atom. The number of halogens is 1. The minimum atomic E-state index is -0.0506. The van der Waals surface area contributed by atoms with E-state index in [1.54, 1.807) is 19.2 Å². The number of nitrogens with zero attached hydrogens (tertiary/aromatic N) is 2. The summed E-state index contributed by atoms with van der Waals surface area (Å²) in [6.45, 7) is 0.743. The standard InChI is InChI=1S/C17H19N3O2.ClH/c1-22-14-5-2-4-12(10-14)16-6-3-9-20(16)17(21)15-8-7-13(18)11-19-15;/h2,4-5,7-8,10-11,16H,3,6,9,18H2,1H3;1H. The number of ether oxygens (including phenoxy) is 1. The van der Waals surface area contributed by atoms with Crippen LogP contribution in [0.2, 0.25) is 0 Å². The minimum Gasteiger partial charge on any atom is -0.497 e. The number of likely N-dealkylation sites (tertiary alicyclic amines) is 1. The van der Waals surface area contributed by atoms with Gasteiger partial charge in [0.1, 0.15) is 11.4 Å². The first-order valence-corrected chi connectivity index (χ1v) is 7.35. The number of anilines is 1. The number of hydrogen-bond donors (Lipinski definition) is 1. The van der Waals surface area contributed by atoms with E-state index in [0.29, 0.717) is 11.4 Å². The molecule has 1 unspecified atom stereocenters. The van der Waals surface area contributed by atoms with Crippen molar-refractivity contribution in [3.8, 4) is 5.75 Å². The summed E-state index contributed by atoms with van der Waals surface area (Å²) >= 11 is 0. The topological polar surface area (TPSA) is 68.5 Å². The molecule has 1 aliphatic heterocycles. The molecule has 2 N–H and O–H groups in total. The van der Waals surface area contributed by atoms with Gasteiger partial charge in [-0.25, -0.2) is 4.98 Å². The SMILES string of the molecule is COc1cccc(C2CCCN2C(=O)c2ccc(N)cn2)c1.Cl. The molecule has 1 amide bonds. The van der Waals surface area contributed by atoms with Gasteiger partial charge in [0.2, 0.25) is 0 Å². The normalized spacial score (nSPS) is 16.7. The van der Waals surface area contributed by atoms with Crippen molar-refractivity contribution >= 4 is 24.0 Å². The zero-order valence-electron chi connectivity index (χ0n) is 12.9. The second kappa shape index (κ2) is 7.33. The minimum absolute atomic E-state index is 0. The molecule has 1 saturated heterocycles. The molecule has 1 aromatic carbocycles. The highest BCUT2D eigenvalue weighted by Crippen LogP contribution is 2.34. The van der Waals surface area contributed by atoms with E-state index in [2.05, 4.69) is 4.98 Å². The van der Waals surface area contributed by atoms with Gasteiger partial charge in [-0.1, -0.05) is 12.1 Å². The maximum atomic E-state index is 12.7. The molecular formula is C17H20ClN3O2. The van der Waals surface area contributed by atoms with Crippen LogP contribution in [0.5, 0.6) is 5.75 Å². The number of methoxy groups -OCH3 is 1. The van der Waals surface area contributed by atoms with Crippen molar-refractivity contribution in [2.45, 2.75) is 18.9 Å². The summed E-state index contributed by atoms with van der Waals surface area (Å²) in [5, 5.41) is 0. The average Bonchev–Trinajstić information content (AvgIpc) is 3.04. The largest absolute Gasteiger partial charge is 0.497 e. The zero-order chi connectivity index (χ0) is 15.5. The molecule has 1 aliphatic rings. The third-order valence-electron chi connectivity index (χ3n) is 4.00. The van der Waals surface area contributed by atoms with Gasteiger partial charge in [0.15, 0.2) is 0 Å².